The highest BCUT2D eigenvalue weighted by Crippen LogP contribution is 2.27. The molecule has 43 heavy (non-hydrogen) atoms. The second-order valence-electron chi connectivity index (χ2n) is 9.35. The van der Waals surface area contributed by atoms with E-state index in [0.717, 1.165) is 6.42 Å². The number of rotatable bonds is 10. The van der Waals surface area contributed by atoms with E-state index in [-0.39, 0.29) is 17.6 Å². The Balaban J connectivity index is 1.92. The normalized spacial score (nSPS) is 11.3. The van der Waals surface area contributed by atoms with Crippen molar-refractivity contribution in [3.05, 3.63) is 103 Å². The number of nitrogens with two attached hydrogens (primary N) is 1. The number of pyridine rings is 1. The Morgan fingerprint density at radius 2 is 1.74 bits per heavy atom. The first-order valence-corrected chi connectivity index (χ1v) is 13.5. The molecule has 0 saturated heterocycles. The van der Waals surface area contributed by atoms with Crippen LogP contribution < -0.4 is 25.8 Å². The van der Waals surface area contributed by atoms with Crippen LogP contribution in [-0.2, 0) is 9.59 Å². The summed E-state index contributed by atoms with van der Waals surface area (Å²) in [6, 6.07) is 19.0. The number of hydrogen-bond donors (Lipinski definition) is 2. The minimum absolute atomic E-state index is 0.207. The van der Waals surface area contributed by atoms with E-state index in [4.69, 9.17) is 5.73 Å². The summed E-state index contributed by atoms with van der Waals surface area (Å²) in [7, 11) is 3.39. The lowest BCUT2D eigenvalue weighted by Gasteiger charge is -2.30. The highest BCUT2D eigenvalue weighted by Gasteiger charge is 2.24. The molecule has 1 heterocycles. The van der Waals surface area contributed by atoms with Gasteiger partial charge in [-0.05, 0) is 73.9 Å². The molecule has 0 atom stereocenters. The van der Waals surface area contributed by atoms with Gasteiger partial charge in [0.15, 0.2) is 5.84 Å². The first-order valence-electron chi connectivity index (χ1n) is 13.5. The van der Waals surface area contributed by atoms with Crippen LogP contribution in [0.15, 0.2) is 102 Å². The Hall–Kier alpha value is -5.69. The molecule has 3 amide bonds. The van der Waals surface area contributed by atoms with Gasteiger partial charge in [0.1, 0.15) is 11.5 Å². The largest absolute Gasteiger partial charge is 0.400 e. The summed E-state index contributed by atoms with van der Waals surface area (Å²) in [5.74, 6) is 5.47. The van der Waals surface area contributed by atoms with Crippen LogP contribution in [0.1, 0.15) is 37.0 Å². The molecule has 0 aliphatic heterocycles. The summed E-state index contributed by atoms with van der Waals surface area (Å²) >= 11 is 0. The van der Waals surface area contributed by atoms with Crippen LogP contribution in [0.3, 0.4) is 0 Å². The van der Waals surface area contributed by atoms with Gasteiger partial charge in [0.25, 0.3) is 5.91 Å². The predicted molar refractivity (Wildman–Crippen MR) is 173 cm³/mol. The van der Waals surface area contributed by atoms with Crippen LogP contribution >= 0.6 is 0 Å². The summed E-state index contributed by atoms with van der Waals surface area (Å²) in [6.07, 6.45) is 5.01. The molecule has 3 N–H and O–H groups in total. The molecular weight excluding hydrogens is 542 g/mol. The van der Waals surface area contributed by atoms with Crippen molar-refractivity contribution in [1.82, 2.24) is 4.98 Å². The van der Waals surface area contributed by atoms with E-state index in [9.17, 15) is 14.4 Å². The van der Waals surface area contributed by atoms with Crippen LogP contribution in [-0.4, -0.2) is 43.1 Å². The zero-order valence-electron chi connectivity index (χ0n) is 24.7. The number of hydrogen-bond acceptors (Lipinski definition) is 7. The number of carbonyl (C=O) groups is 3. The molecule has 1 aromatic heterocycles. The standard InChI is InChI=1S/C33H35N7O3/c1-6-8-9-16-30(42)38(4)27-13-12-14-28(22-27)40(23-41)32(35-7-2)31(24(3)34)39(5)26-19-17-25(18-20-26)33(43)37-29-15-10-11-21-36-29/h7,10-15,17-23H,2,6,8,34H2,1,3-5H3,(H,36,37,43)/b31-24-,35-32?. The lowest BCUT2D eigenvalue weighted by Crippen LogP contribution is -2.38. The second-order valence-corrected chi connectivity index (χ2v) is 9.35. The SMILES string of the molecule is C=CN=C(/C(=C(\C)N)N(C)c1ccc(C(=O)Nc2ccccn2)cc1)N(C=O)c1cccc(N(C)C(=O)C#CCCC)c1. The lowest BCUT2D eigenvalue weighted by molar-refractivity contribution is -0.113. The highest BCUT2D eigenvalue weighted by molar-refractivity contribution is 6.20. The van der Waals surface area contributed by atoms with Gasteiger partial charge in [0.05, 0.1) is 5.69 Å². The van der Waals surface area contributed by atoms with Crippen LogP contribution in [0, 0.1) is 11.8 Å². The molecular formula is C33H35N7O3. The van der Waals surface area contributed by atoms with Crippen molar-refractivity contribution >= 4 is 46.9 Å². The minimum Gasteiger partial charge on any atom is -0.400 e. The van der Waals surface area contributed by atoms with E-state index in [0.29, 0.717) is 52.7 Å². The Morgan fingerprint density at radius 1 is 1.02 bits per heavy atom. The zero-order valence-corrected chi connectivity index (χ0v) is 24.7. The van der Waals surface area contributed by atoms with Gasteiger partial charge in [-0.2, -0.15) is 0 Å². The van der Waals surface area contributed by atoms with Crippen LogP contribution in [0.5, 0.6) is 0 Å². The summed E-state index contributed by atoms with van der Waals surface area (Å²) in [4.78, 5) is 50.9. The molecule has 0 bridgehead atoms. The molecule has 10 heteroatoms. The van der Waals surface area contributed by atoms with E-state index < -0.39 is 0 Å². The molecule has 3 aromatic rings. The van der Waals surface area contributed by atoms with Crippen LogP contribution in [0.2, 0.25) is 0 Å². The lowest BCUT2D eigenvalue weighted by atomic mass is 10.1. The Kier molecular flexibility index (Phi) is 11.4. The maximum absolute atomic E-state index is 12.7. The molecule has 0 radical (unpaired) electrons. The number of amidine groups is 1. The molecule has 0 aliphatic rings. The van der Waals surface area contributed by atoms with Crippen molar-refractivity contribution in [3.63, 3.8) is 0 Å². The molecule has 0 fully saturated rings. The third-order valence-corrected chi connectivity index (χ3v) is 6.26. The molecule has 0 unspecified atom stereocenters. The fourth-order valence-electron chi connectivity index (χ4n) is 4.05. The van der Waals surface area contributed by atoms with E-state index >= 15 is 0 Å². The van der Waals surface area contributed by atoms with Gasteiger partial charge >= 0.3 is 5.91 Å². The number of amides is 3. The first kappa shape index (κ1) is 31.8. The smallest absolute Gasteiger partial charge is 0.302 e. The average Bonchev–Trinajstić information content (AvgIpc) is 3.01. The molecule has 3 rings (SSSR count). The number of anilines is 4. The number of allylic oxidation sites excluding steroid dienone is 1. The third kappa shape index (κ3) is 8.17. The fraction of sp³-hybridized carbons (Fsp3) is 0.182. The minimum atomic E-state index is -0.362. The number of aliphatic imine (C=N–C) groups is 1. The molecule has 0 saturated carbocycles. The van der Waals surface area contributed by atoms with Gasteiger partial charge < -0.3 is 20.9 Å². The number of benzene rings is 2. The van der Waals surface area contributed by atoms with Crippen molar-refractivity contribution in [2.24, 2.45) is 10.7 Å². The van der Waals surface area contributed by atoms with E-state index in [1.54, 1.807) is 98.8 Å². The van der Waals surface area contributed by atoms with E-state index in [2.05, 4.69) is 33.7 Å². The van der Waals surface area contributed by atoms with Crippen LogP contribution in [0.25, 0.3) is 0 Å². The number of carbonyl (C=O) groups excluding carboxylic acids is 3. The number of unbranched alkanes of at least 4 members (excludes halogenated alkanes) is 1. The van der Waals surface area contributed by atoms with Crippen molar-refractivity contribution in [3.8, 4) is 11.8 Å². The fourth-order valence-corrected chi connectivity index (χ4v) is 4.05. The van der Waals surface area contributed by atoms with Crippen molar-refractivity contribution in [2.75, 3.05) is 34.1 Å². The molecule has 2 aromatic carbocycles. The van der Waals surface area contributed by atoms with Crippen LogP contribution in [0.4, 0.5) is 22.9 Å². The summed E-state index contributed by atoms with van der Waals surface area (Å²) in [5.41, 5.74) is 9.27. The van der Waals surface area contributed by atoms with Crippen molar-refractivity contribution in [1.29, 1.82) is 0 Å². The van der Waals surface area contributed by atoms with Crippen molar-refractivity contribution in [2.45, 2.75) is 26.7 Å². The predicted octanol–water partition coefficient (Wildman–Crippen LogP) is 4.93. The Morgan fingerprint density at radius 3 is 2.35 bits per heavy atom. The summed E-state index contributed by atoms with van der Waals surface area (Å²) in [6.45, 7) is 7.41. The van der Waals surface area contributed by atoms with Crippen molar-refractivity contribution < 1.29 is 14.4 Å². The van der Waals surface area contributed by atoms with Gasteiger partial charge in [0.2, 0.25) is 6.41 Å². The van der Waals surface area contributed by atoms with E-state index in [1.807, 2.05) is 6.92 Å². The molecule has 0 aliphatic carbocycles. The third-order valence-electron chi connectivity index (χ3n) is 6.26. The average molecular weight is 578 g/mol. The van der Waals surface area contributed by atoms with Gasteiger partial charge in [-0.15, -0.1) is 0 Å². The van der Waals surface area contributed by atoms with Gasteiger partial charge in [-0.3, -0.25) is 19.3 Å². The summed E-state index contributed by atoms with van der Waals surface area (Å²) in [5, 5.41) is 2.75. The Bertz CT molecular complexity index is 1580. The number of likely N-dealkylation sites (N-methyl/N-ethyl adjacent to an activating group) is 1. The van der Waals surface area contributed by atoms with Gasteiger partial charge in [-0.1, -0.05) is 31.6 Å². The monoisotopic (exact) mass is 577 g/mol. The quantitative estimate of drug-likeness (QED) is 0.152. The number of aromatic nitrogens is 1. The number of nitrogens with one attached hydrogen (secondary N) is 1. The highest BCUT2D eigenvalue weighted by atomic mass is 16.2. The topological polar surface area (TPSA) is 124 Å². The Labute approximate surface area is 252 Å². The maximum Gasteiger partial charge on any atom is 0.302 e. The molecule has 10 nitrogen and oxygen atoms in total. The zero-order chi connectivity index (χ0) is 31.4. The first-order chi connectivity index (χ1) is 20.7. The maximum atomic E-state index is 12.7. The summed E-state index contributed by atoms with van der Waals surface area (Å²) < 4.78 is 0. The molecule has 0 spiro atoms. The number of nitrogens with zero attached hydrogens (tertiary/aromatic N) is 5. The van der Waals surface area contributed by atoms with E-state index in [1.165, 1.54) is 16.0 Å². The molecule has 220 valence electrons. The van der Waals surface area contributed by atoms with Gasteiger partial charge in [0, 0.05) is 55.5 Å². The van der Waals surface area contributed by atoms with Gasteiger partial charge in [-0.25, -0.2) is 9.98 Å². The second kappa shape index (κ2) is 15.3.